The first-order valence-electron chi connectivity index (χ1n) is 6.30. The molecule has 0 heterocycles. The van der Waals surface area contributed by atoms with E-state index >= 15 is 0 Å². The third kappa shape index (κ3) is 4.19. The summed E-state index contributed by atoms with van der Waals surface area (Å²) in [6.07, 6.45) is 1.58. The molecule has 8 heteroatoms. The summed E-state index contributed by atoms with van der Waals surface area (Å²) >= 11 is 0. The third-order valence-corrected chi connectivity index (χ3v) is 3.92. The molecule has 0 amide bonds. The van der Waals surface area contributed by atoms with Crippen molar-refractivity contribution in [2.75, 3.05) is 0 Å². The van der Waals surface area contributed by atoms with Gasteiger partial charge in [-0.05, 0) is 17.7 Å². The van der Waals surface area contributed by atoms with Gasteiger partial charge in [-0.25, -0.2) is 4.21 Å². The minimum absolute atomic E-state index is 0.116. The number of rotatable bonds is 5. The van der Waals surface area contributed by atoms with Crippen LogP contribution in [0.25, 0.3) is 6.08 Å². The van der Waals surface area contributed by atoms with Crippen LogP contribution in [0, 0.1) is 20.2 Å². The zero-order valence-corrected chi connectivity index (χ0v) is 12.4. The highest BCUT2D eigenvalue weighted by Gasteiger charge is 2.22. The van der Waals surface area contributed by atoms with E-state index in [9.17, 15) is 24.4 Å². The van der Waals surface area contributed by atoms with E-state index in [1.165, 1.54) is 5.41 Å². The Hall–Kier alpha value is -3.09. The van der Waals surface area contributed by atoms with Crippen LogP contribution in [0.3, 0.4) is 0 Å². The van der Waals surface area contributed by atoms with Crippen molar-refractivity contribution in [3.8, 4) is 0 Å². The highest BCUT2D eigenvalue weighted by Crippen LogP contribution is 2.27. The summed E-state index contributed by atoms with van der Waals surface area (Å²) in [6, 6.07) is 12.1. The Labute approximate surface area is 133 Å². The molecule has 0 saturated heterocycles. The molecule has 0 aliphatic heterocycles. The Morgan fingerprint density at radius 1 is 1.00 bits per heavy atom. The van der Waals surface area contributed by atoms with Crippen LogP contribution in [-0.2, 0) is 10.8 Å². The van der Waals surface area contributed by atoms with Crippen LogP contribution in [0.5, 0.6) is 0 Å². The lowest BCUT2D eigenvalue weighted by molar-refractivity contribution is -0.396. The van der Waals surface area contributed by atoms with E-state index in [1.54, 1.807) is 6.08 Å². The average Bonchev–Trinajstić information content (AvgIpc) is 2.55. The van der Waals surface area contributed by atoms with Crippen LogP contribution in [0.2, 0.25) is 0 Å². The molecular weight excluding hydrogens is 320 g/mol. The van der Waals surface area contributed by atoms with E-state index in [0.29, 0.717) is 0 Å². The Kier molecular flexibility index (Phi) is 5.14. The maximum absolute atomic E-state index is 12.1. The van der Waals surface area contributed by atoms with Gasteiger partial charge in [0.1, 0.15) is 4.90 Å². The Bertz CT molecular complexity index is 842. The smallest absolute Gasteiger partial charge is 0.258 e. The Morgan fingerprint density at radius 3 is 2.30 bits per heavy atom. The van der Waals surface area contributed by atoms with E-state index in [1.807, 2.05) is 30.3 Å². The molecule has 116 valence electrons. The van der Waals surface area contributed by atoms with Crippen LogP contribution in [0.15, 0.2) is 64.6 Å². The van der Waals surface area contributed by atoms with Crippen molar-refractivity contribution >= 4 is 28.3 Å². The maximum atomic E-state index is 12.1. The summed E-state index contributed by atoms with van der Waals surface area (Å²) in [6.45, 7) is 0. The topological polar surface area (TPSA) is 103 Å². The molecule has 2 aromatic carbocycles. The molecular formula is C15H10N2O5S. The Balaban J connectivity index is 2.34. The highest BCUT2D eigenvalue weighted by atomic mass is 32.2. The fourth-order valence-electron chi connectivity index (χ4n) is 1.74. The maximum Gasteiger partial charge on any atom is 0.292 e. The fraction of sp³-hybridized carbons (Fsp3) is 0. The molecule has 0 fully saturated rings. The predicted octanol–water partition coefficient (Wildman–Crippen LogP) is 3.44. The number of hydrogen-bond acceptors (Lipinski definition) is 5. The van der Waals surface area contributed by atoms with Gasteiger partial charge in [-0.15, -0.1) is 5.73 Å². The van der Waals surface area contributed by atoms with Crippen molar-refractivity contribution in [2.24, 2.45) is 0 Å². The standard InChI is InChI=1S/C15H10N2O5S/c18-16(19)13-8-9-15(14(11-13)17(20)21)23(22)10-4-7-12-5-2-1-3-6-12/h1-3,5-11H. The summed E-state index contributed by atoms with van der Waals surface area (Å²) < 4.78 is 12.1. The van der Waals surface area contributed by atoms with Crippen molar-refractivity contribution in [1.29, 1.82) is 0 Å². The minimum Gasteiger partial charge on any atom is -0.258 e. The zero-order valence-electron chi connectivity index (χ0n) is 11.6. The van der Waals surface area contributed by atoms with E-state index in [-0.39, 0.29) is 4.90 Å². The van der Waals surface area contributed by atoms with Gasteiger partial charge in [-0.3, -0.25) is 20.2 Å². The molecule has 7 nitrogen and oxygen atoms in total. The van der Waals surface area contributed by atoms with Gasteiger partial charge in [-0.2, -0.15) is 0 Å². The quantitative estimate of drug-likeness (QED) is 0.474. The second-order valence-corrected chi connectivity index (χ2v) is 5.57. The van der Waals surface area contributed by atoms with E-state index in [2.05, 4.69) is 5.73 Å². The lowest BCUT2D eigenvalue weighted by Gasteiger charge is -1.99. The first kappa shape index (κ1) is 16.3. The molecule has 0 aromatic heterocycles. The molecule has 0 bridgehead atoms. The monoisotopic (exact) mass is 330 g/mol. The lowest BCUT2D eigenvalue weighted by atomic mass is 10.2. The average molecular weight is 330 g/mol. The number of nitro groups is 2. The molecule has 0 spiro atoms. The number of benzene rings is 2. The fourth-order valence-corrected chi connectivity index (χ4v) is 2.60. The molecule has 0 aliphatic carbocycles. The summed E-state index contributed by atoms with van der Waals surface area (Å²) in [4.78, 5) is 20.0. The zero-order chi connectivity index (χ0) is 16.8. The van der Waals surface area contributed by atoms with Gasteiger partial charge >= 0.3 is 0 Å². The molecule has 1 unspecified atom stereocenters. The minimum atomic E-state index is -1.84. The van der Waals surface area contributed by atoms with Crippen LogP contribution in [-0.4, -0.2) is 14.1 Å². The predicted molar refractivity (Wildman–Crippen MR) is 85.1 cm³/mol. The molecule has 2 rings (SSSR count). The number of nitrogens with zero attached hydrogens (tertiary/aromatic N) is 2. The van der Waals surface area contributed by atoms with Crippen molar-refractivity contribution in [3.63, 3.8) is 0 Å². The van der Waals surface area contributed by atoms with Crippen molar-refractivity contribution in [3.05, 3.63) is 85.5 Å². The molecule has 0 N–H and O–H groups in total. The van der Waals surface area contributed by atoms with Crippen LogP contribution in [0.4, 0.5) is 11.4 Å². The van der Waals surface area contributed by atoms with Crippen molar-refractivity contribution < 1.29 is 14.1 Å². The van der Waals surface area contributed by atoms with E-state index in [4.69, 9.17) is 0 Å². The summed E-state index contributed by atoms with van der Waals surface area (Å²) in [7, 11) is -1.84. The normalized spacial score (nSPS) is 11.1. The number of non-ortho nitro benzene ring substituents is 1. The lowest BCUT2D eigenvalue weighted by Crippen LogP contribution is -1.98. The number of hydrogen-bond donors (Lipinski definition) is 0. The largest absolute Gasteiger partial charge is 0.292 e. The van der Waals surface area contributed by atoms with Crippen LogP contribution >= 0.6 is 0 Å². The summed E-state index contributed by atoms with van der Waals surface area (Å²) in [5.74, 6) is 0. The number of nitro benzene ring substituents is 2. The molecule has 0 saturated carbocycles. The molecule has 0 radical (unpaired) electrons. The first-order chi connectivity index (χ1) is 11.0. The Morgan fingerprint density at radius 2 is 1.70 bits per heavy atom. The highest BCUT2D eigenvalue weighted by molar-refractivity contribution is 7.88. The van der Waals surface area contributed by atoms with Crippen molar-refractivity contribution in [2.45, 2.75) is 4.90 Å². The van der Waals surface area contributed by atoms with Crippen LogP contribution in [0.1, 0.15) is 5.56 Å². The van der Waals surface area contributed by atoms with Gasteiger partial charge < -0.3 is 0 Å². The van der Waals surface area contributed by atoms with Crippen molar-refractivity contribution in [1.82, 2.24) is 0 Å². The van der Waals surface area contributed by atoms with Crippen LogP contribution < -0.4 is 0 Å². The van der Waals surface area contributed by atoms with Gasteiger partial charge in [0, 0.05) is 11.5 Å². The molecule has 1 atom stereocenters. The van der Waals surface area contributed by atoms with E-state index < -0.39 is 32.0 Å². The third-order valence-electron chi connectivity index (χ3n) is 2.79. The van der Waals surface area contributed by atoms with Gasteiger partial charge in [0.05, 0.1) is 26.7 Å². The van der Waals surface area contributed by atoms with Gasteiger partial charge in [0.25, 0.3) is 11.4 Å². The molecule has 23 heavy (non-hydrogen) atoms. The SMILES string of the molecule is O=[N+]([O-])c1ccc(S(=O)C=C=Cc2ccccc2)c([N+](=O)[O-])c1. The first-order valence-corrected chi connectivity index (χ1v) is 7.51. The molecule has 0 aliphatic rings. The second kappa shape index (κ2) is 7.26. The van der Waals surface area contributed by atoms with Gasteiger partial charge in [0.15, 0.2) is 0 Å². The second-order valence-electron chi connectivity index (χ2n) is 4.30. The van der Waals surface area contributed by atoms with Gasteiger partial charge in [0.2, 0.25) is 0 Å². The summed E-state index contributed by atoms with van der Waals surface area (Å²) in [5.41, 5.74) is 2.54. The summed E-state index contributed by atoms with van der Waals surface area (Å²) in [5, 5.41) is 22.8. The van der Waals surface area contributed by atoms with E-state index in [0.717, 1.165) is 23.8 Å². The molecule has 2 aromatic rings. The van der Waals surface area contributed by atoms with Gasteiger partial charge in [-0.1, -0.05) is 30.3 Å².